The Morgan fingerprint density at radius 2 is 0.991 bits per heavy atom. The van der Waals surface area contributed by atoms with Crippen molar-refractivity contribution in [3.8, 4) is 86.6 Å². The number of alkyl halides is 2. The molecule has 0 saturated carbocycles. The topological polar surface area (TPSA) is 359 Å². The number of aliphatic hydroxyl groups excluding tert-OH is 1. The Bertz CT molecular complexity index is 5050. The summed E-state index contributed by atoms with van der Waals surface area (Å²) in [6, 6.07) is 6.89. The van der Waals surface area contributed by atoms with Gasteiger partial charge in [0.1, 0.15) is 37.0 Å². The lowest BCUT2D eigenvalue weighted by Gasteiger charge is -2.62. The number of phenolic OH excluding ortho intramolecular Hbond substituents is 4. The Hall–Kier alpha value is -9.11. The number of aliphatic hydroxyl groups is 1. The molecular weight excluding hydrogens is 1550 g/mol. The number of hydrogen-bond donors (Lipinski definition) is 7. The first-order valence-corrected chi connectivity index (χ1v) is 40.1. The molecule has 4 fully saturated rings. The van der Waals surface area contributed by atoms with Gasteiger partial charge < -0.3 is 91.8 Å². The zero-order valence-electron chi connectivity index (χ0n) is 63.2. The van der Waals surface area contributed by atoms with Crippen LogP contribution in [-0.4, -0.2) is 212 Å². The lowest BCUT2D eigenvalue weighted by Crippen LogP contribution is -2.70. The Balaban J connectivity index is 0.000000164. The molecule has 0 radical (unpaired) electrons. The number of carbonyl (C=O) groups excluding carboxylic acids is 4. The molecule has 30 nitrogen and oxygen atoms in total. The molecule has 34 heteroatoms. The van der Waals surface area contributed by atoms with Crippen molar-refractivity contribution in [3.05, 3.63) is 125 Å². The molecule has 598 valence electrons. The molecule has 6 aromatic carbocycles. The van der Waals surface area contributed by atoms with E-state index in [9.17, 15) is 50.0 Å². The number of rotatable bonds is 8. The quantitative estimate of drug-likeness (QED) is 0.0323. The summed E-state index contributed by atoms with van der Waals surface area (Å²) in [5.74, 6) is 2.03. The highest BCUT2D eigenvalue weighted by Gasteiger charge is 2.65. The molecule has 113 heavy (non-hydrogen) atoms. The molecule has 14 heterocycles. The number of methoxy groups -OCH3 is 4. The van der Waals surface area contributed by atoms with E-state index in [4.69, 9.17) is 89.5 Å². The van der Waals surface area contributed by atoms with E-state index in [0.29, 0.717) is 129 Å². The van der Waals surface area contributed by atoms with Crippen LogP contribution in [0.1, 0.15) is 124 Å². The number of aryl methyl sites for hydroxylation is 2. The van der Waals surface area contributed by atoms with E-state index in [1.165, 1.54) is 52.0 Å². The van der Waals surface area contributed by atoms with Crippen LogP contribution in [-0.2, 0) is 65.3 Å². The largest absolute Gasteiger partial charge is 0.515 e. The van der Waals surface area contributed by atoms with Gasteiger partial charge in [-0.2, -0.15) is 5.26 Å². The lowest BCUT2D eigenvalue weighted by molar-refractivity contribution is -0.186. The normalized spacial score (nSPS) is 28.5. The predicted molar refractivity (Wildman–Crippen MR) is 406 cm³/mol. The third kappa shape index (κ3) is 11.4. The molecule has 14 atom stereocenters. The fraction of sp³-hybridized carbons (Fsp3) is 0.481. The molecule has 0 aromatic heterocycles. The van der Waals surface area contributed by atoms with Crippen LogP contribution in [0.25, 0.3) is 0 Å². The number of piperazine rings is 2. The molecule has 20 rings (SSSR count). The van der Waals surface area contributed by atoms with Crippen molar-refractivity contribution in [2.24, 2.45) is 0 Å². The van der Waals surface area contributed by atoms with E-state index in [2.05, 4.69) is 31.4 Å². The van der Waals surface area contributed by atoms with Crippen LogP contribution in [0, 0.1) is 39.0 Å². The SMILES string of the molecule is COc1cc2c(cc1O)CCN[C@]21CS[C@@H]2c3c(OC(=O)OCCl)c(C)c4c(c3[C@H](COC1=O)N1C2[C@H]2c3c(cc(C)c(OC)c3O)C[C@@H]([C@@H]1C#N)N2C)OCO4.COc1cc2c(cc1O)CCN[C@]21CS[C@@H]2c3c(OC(=O)OCCl)c(C)c4c(c3[C@H](COC1=O)N1C2[C@H]2c3c(cc(C)c(OC)c3O)C[C@@H]([C@@H]1O)N2C)OCO4. The first-order valence-electron chi connectivity index (χ1n) is 36.9. The number of nitriles is 1. The maximum Gasteiger partial charge on any atom is 0.515 e. The number of halogens is 2. The van der Waals surface area contributed by atoms with Crippen molar-refractivity contribution in [2.75, 3.05) is 106 Å². The summed E-state index contributed by atoms with van der Waals surface area (Å²) in [6.45, 7) is 7.42. The monoisotopic (exact) mass is 1630 g/mol. The maximum atomic E-state index is 14.8. The number of likely N-dealkylation sites (N-methyl/N-ethyl adjacent to an activating group) is 2. The molecule has 8 bridgehead atoms. The lowest BCUT2D eigenvalue weighted by atomic mass is 9.71. The number of carbonyl (C=O) groups is 4. The van der Waals surface area contributed by atoms with Gasteiger partial charge >= 0.3 is 24.2 Å². The predicted octanol–water partition coefficient (Wildman–Crippen LogP) is 8.97. The number of esters is 2. The summed E-state index contributed by atoms with van der Waals surface area (Å²) >= 11 is 14.5. The van der Waals surface area contributed by atoms with Crippen LogP contribution in [0.3, 0.4) is 0 Å². The average Bonchev–Trinajstić information content (AvgIpc) is 1.41. The minimum absolute atomic E-state index is 0.00837. The second-order valence-electron chi connectivity index (χ2n) is 30.0. The van der Waals surface area contributed by atoms with Gasteiger partial charge in [-0.25, -0.2) is 19.2 Å². The highest BCUT2D eigenvalue weighted by Crippen LogP contribution is 2.68. The second-order valence-corrected chi connectivity index (χ2v) is 32.7. The minimum Gasteiger partial charge on any atom is -0.504 e. The summed E-state index contributed by atoms with van der Waals surface area (Å²) in [7, 11) is 9.83. The number of nitrogens with one attached hydrogen (secondary N) is 2. The second kappa shape index (κ2) is 29.0. The number of phenols is 4. The third-order valence-corrected chi connectivity index (χ3v) is 28.1. The molecule has 14 aliphatic heterocycles. The Kier molecular flexibility index (Phi) is 19.6. The number of hydrogen-bond acceptors (Lipinski definition) is 32. The summed E-state index contributed by atoms with van der Waals surface area (Å²) in [6.07, 6.45) is -1.18. The van der Waals surface area contributed by atoms with Crippen molar-refractivity contribution in [3.63, 3.8) is 0 Å². The Morgan fingerprint density at radius 1 is 0.566 bits per heavy atom. The molecule has 0 amide bonds. The average molecular weight is 1630 g/mol. The number of ether oxygens (including phenoxy) is 14. The van der Waals surface area contributed by atoms with E-state index in [1.807, 2.05) is 45.0 Å². The van der Waals surface area contributed by atoms with E-state index < -0.39 is 113 Å². The Morgan fingerprint density at radius 3 is 1.42 bits per heavy atom. The fourth-order valence-electron chi connectivity index (χ4n) is 20.2. The number of nitrogens with zero attached hydrogens (tertiary/aromatic N) is 5. The third-order valence-electron chi connectivity index (χ3n) is 24.9. The van der Waals surface area contributed by atoms with Gasteiger partial charge in [0.25, 0.3) is 0 Å². The van der Waals surface area contributed by atoms with Crippen molar-refractivity contribution < 1.29 is 111 Å². The molecular formula is C79H83Cl2N7O23S2. The molecule has 2 unspecified atom stereocenters. The molecule has 2 spiro atoms. The Labute approximate surface area is 667 Å². The number of fused-ring (bicyclic) bond motifs is 18. The minimum atomic E-state index is -1.41. The zero-order valence-corrected chi connectivity index (χ0v) is 66.3. The van der Waals surface area contributed by atoms with Gasteiger partial charge in [-0.1, -0.05) is 35.3 Å². The highest BCUT2D eigenvalue weighted by atomic mass is 35.5. The van der Waals surface area contributed by atoms with Gasteiger partial charge in [0.15, 0.2) is 92.2 Å². The van der Waals surface area contributed by atoms with Gasteiger partial charge in [-0.05, 0) is 136 Å². The maximum absolute atomic E-state index is 14.8. The molecule has 7 N–H and O–H groups in total. The first kappa shape index (κ1) is 76.5. The zero-order chi connectivity index (χ0) is 79.4. The summed E-state index contributed by atoms with van der Waals surface area (Å²) < 4.78 is 82.0. The van der Waals surface area contributed by atoms with Crippen LogP contribution in [0.5, 0.6) is 80.5 Å². The standard InChI is InChI=1S/C40H41ClN4O11S.C39H42ClN3O12S/c1-17-8-20-9-22-23(12-42)45-24-13-52-38(48)40(21-11-26(50-4)25(46)10-19(21)6-7-43-40)14-57-37(31(45)30(44(22)3)27(20)32(47)33(17)51-5)29-28(24)36-35(54-16-55-36)18(2)34(29)56-39(49)53-15-41;1-16-8-19-9-21-36(46)43-22-12-51-37(47)39(20-11-24(49-4)23(44)10-18(20)6-7-41-39)13-56-35(29(43)28(42(21)3)25(19)30(45)31(16)50-5)27-26(22)34-33(53-15-54-34)17(2)32(27)55-38(48)52-14-40/h8,10-11,22-24,30-31,37,43,46-47H,6-7,9,13-16H2,1-5H3;8,10-11,21-22,28-29,35-36,41,44-46H,6-7,9,12-15H2,1-5H3/t22-,23-,24-,30+,31?,37+,40+;21-,22-,28+,29?,35+,36-,39+/m00/s1. The van der Waals surface area contributed by atoms with E-state index in [0.717, 1.165) is 33.4 Å². The van der Waals surface area contributed by atoms with Crippen LogP contribution >= 0.6 is 46.7 Å². The van der Waals surface area contributed by atoms with E-state index in [1.54, 1.807) is 38.1 Å². The highest BCUT2D eigenvalue weighted by molar-refractivity contribution is 7.99. The molecule has 4 saturated heterocycles. The van der Waals surface area contributed by atoms with Crippen molar-refractivity contribution in [1.29, 1.82) is 5.26 Å². The number of aromatic hydroxyl groups is 4. The fourth-order valence-corrected chi connectivity index (χ4v) is 23.8. The van der Waals surface area contributed by atoms with Gasteiger partial charge in [-0.3, -0.25) is 30.2 Å². The van der Waals surface area contributed by atoms with E-state index in [-0.39, 0.29) is 90.3 Å². The van der Waals surface area contributed by atoms with Crippen molar-refractivity contribution in [1.82, 2.24) is 30.2 Å². The molecule has 0 aliphatic carbocycles. The summed E-state index contributed by atoms with van der Waals surface area (Å²) in [4.78, 5) is 64.3. The van der Waals surface area contributed by atoms with Gasteiger partial charge in [0, 0.05) is 87.2 Å². The first-order chi connectivity index (χ1) is 54.4. The van der Waals surface area contributed by atoms with Crippen molar-refractivity contribution >= 4 is 71.0 Å². The smallest absolute Gasteiger partial charge is 0.504 e. The molecule has 14 aliphatic rings. The van der Waals surface area contributed by atoms with E-state index >= 15 is 0 Å². The van der Waals surface area contributed by atoms with Crippen LogP contribution in [0.15, 0.2) is 36.4 Å². The number of thioether (sulfide) groups is 2. The van der Waals surface area contributed by atoms with Crippen LogP contribution in [0.2, 0.25) is 0 Å². The number of benzene rings is 6. The van der Waals surface area contributed by atoms with Gasteiger partial charge in [0.2, 0.25) is 13.6 Å². The van der Waals surface area contributed by atoms with Crippen molar-refractivity contribution in [2.45, 2.75) is 136 Å². The van der Waals surface area contributed by atoms with Gasteiger partial charge in [0.05, 0.1) is 75.2 Å². The molecule has 6 aromatic rings. The van der Waals surface area contributed by atoms with Crippen LogP contribution in [0.4, 0.5) is 9.59 Å². The summed E-state index contributed by atoms with van der Waals surface area (Å²) in [5.41, 5.74) is 7.82. The summed E-state index contributed by atoms with van der Waals surface area (Å²) in [5, 5.41) is 75.0. The van der Waals surface area contributed by atoms with Gasteiger partial charge in [-0.15, -0.1) is 23.5 Å². The van der Waals surface area contributed by atoms with Crippen LogP contribution < -0.4 is 58.0 Å².